The maximum atomic E-state index is 11.6. The second-order valence-corrected chi connectivity index (χ2v) is 3.72. The summed E-state index contributed by atoms with van der Waals surface area (Å²) in [5.74, 6) is 0.317. The number of carbonyl (C=O) groups excluding carboxylic acids is 1. The van der Waals surface area contributed by atoms with Crippen molar-refractivity contribution >= 4 is 5.78 Å². The summed E-state index contributed by atoms with van der Waals surface area (Å²) in [6, 6.07) is 0. The van der Waals surface area contributed by atoms with Gasteiger partial charge in [0.25, 0.3) is 0 Å². The van der Waals surface area contributed by atoms with Crippen molar-refractivity contribution in [3.05, 3.63) is 23.3 Å². The highest BCUT2D eigenvalue weighted by atomic mass is 16.1. The molecule has 0 aromatic heterocycles. The summed E-state index contributed by atoms with van der Waals surface area (Å²) in [5.41, 5.74) is 3.37. The zero-order valence-corrected chi connectivity index (χ0v) is 8.65. The van der Waals surface area contributed by atoms with Crippen LogP contribution in [0.3, 0.4) is 0 Å². The van der Waals surface area contributed by atoms with E-state index in [0.717, 1.165) is 30.4 Å². The maximum absolute atomic E-state index is 11.6. The quantitative estimate of drug-likeness (QED) is 0.647. The fraction of sp³-hybridized carbons (Fsp3) is 0.583. The first-order valence-electron chi connectivity index (χ1n) is 5.08. The molecular weight excluding hydrogens is 160 g/mol. The normalized spacial score (nSPS) is 17.4. The highest BCUT2D eigenvalue weighted by molar-refractivity contribution is 5.96. The molecule has 0 saturated heterocycles. The largest absolute Gasteiger partial charge is 0.295 e. The lowest BCUT2D eigenvalue weighted by molar-refractivity contribution is -0.115. The van der Waals surface area contributed by atoms with E-state index in [-0.39, 0.29) is 0 Å². The first-order chi connectivity index (χ1) is 6.16. The molecule has 0 unspecified atom stereocenters. The Bertz CT molecular complexity index is 258. The number of hydrogen-bond donors (Lipinski definition) is 0. The molecule has 0 saturated carbocycles. The predicted molar refractivity (Wildman–Crippen MR) is 55.6 cm³/mol. The van der Waals surface area contributed by atoms with Crippen molar-refractivity contribution < 1.29 is 4.79 Å². The van der Waals surface area contributed by atoms with Crippen LogP contribution in [-0.2, 0) is 4.79 Å². The highest BCUT2D eigenvalue weighted by Crippen LogP contribution is 2.29. The Labute approximate surface area is 80.5 Å². The first kappa shape index (κ1) is 10.2. The molecule has 72 valence electrons. The molecule has 0 heterocycles. The molecule has 0 amide bonds. The van der Waals surface area contributed by atoms with Gasteiger partial charge in [-0.15, -0.1) is 0 Å². The first-order valence-corrected chi connectivity index (χ1v) is 5.08. The standard InChI is InChI=1S/C12H18O/c1-4-12(13)11-8-6-5-7-10(11)9(2)3/h2,4-8H2,1,3H3. The number of rotatable bonds is 3. The summed E-state index contributed by atoms with van der Waals surface area (Å²) < 4.78 is 0. The molecule has 0 aromatic carbocycles. The molecule has 1 nitrogen and oxygen atoms in total. The molecule has 1 heteroatoms. The third-order valence-corrected chi connectivity index (χ3v) is 2.64. The predicted octanol–water partition coefficient (Wildman–Crippen LogP) is 3.41. The summed E-state index contributed by atoms with van der Waals surface area (Å²) in [6.07, 6.45) is 5.03. The van der Waals surface area contributed by atoms with Crippen LogP contribution in [0.4, 0.5) is 0 Å². The van der Waals surface area contributed by atoms with Gasteiger partial charge in [0, 0.05) is 6.42 Å². The van der Waals surface area contributed by atoms with Gasteiger partial charge in [-0.25, -0.2) is 0 Å². The molecule has 1 aliphatic rings. The van der Waals surface area contributed by atoms with Gasteiger partial charge >= 0.3 is 0 Å². The van der Waals surface area contributed by atoms with Crippen LogP contribution < -0.4 is 0 Å². The Morgan fingerprint density at radius 3 is 2.31 bits per heavy atom. The molecule has 1 rings (SSSR count). The van der Waals surface area contributed by atoms with Gasteiger partial charge in [-0.1, -0.05) is 19.1 Å². The minimum atomic E-state index is 0.317. The van der Waals surface area contributed by atoms with Crippen molar-refractivity contribution in [2.24, 2.45) is 0 Å². The number of ketones is 1. The van der Waals surface area contributed by atoms with Crippen LogP contribution in [0.5, 0.6) is 0 Å². The fourth-order valence-corrected chi connectivity index (χ4v) is 1.90. The minimum Gasteiger partial charge on any atom is -0.295 e. The minimum absolute atomic E-state index is 0.317. The Kier molecular flexibility index (Phi) is 3.47. The summed E-state index contributed by atoms with van der Waals surface area (Å²) in [4.78, 5) is 11.6. The summed E-state index contributed by atoms with van der Waals surface area (Å²) >= 11 is 0. The molecule has 0 radical (unpaired) electrons. The topological polar surface area (TPSA) is 17.1 Å². The Hall–Kier alpha value is -0.850. The number of hydrogen-bond acceptors (Lipinski definition) is 1. The van der Waals surface area contributed by atoms with Gasteiger partial charge in [0.05, 0.1) is 0 Å². The van der Waals surface area contributed by atoms with Crippen LogP contribution in [0, 0.1) is 0 Å². The van der Waals surface area contributed by atoms with E-state index >= 15 is 0 Å². The van der Waals surface area contributed by atoms with Gasteiger partial charge in [-0.05, 0) is 43.8 Å². The fourth-order valence-electron chi connectivity index (χ4n) is 1.90. The van der Waals surface area contributed by atoms with Crippen molar-refractivity contribution in [2.75, 3.05) is 0 Å². The van der Waals surface area contributed by atoms with Crippen molar-refractivity contribution in [3.8, 4) is 0 Å². The van der Waals surface area contributed by atoms with Crippen LogP contribution in [-0.4, -0.2) is 5.78 Å². The van der Waals surface area contributed by atoms with E-state index in [1.165, 1.54) is 12.0 Å². The maximum Gasteiger partial charge on any atom is 0.158 e. The number of allylic oxidation sites excluding steroid dienone is 3. The van der Waals surface area contributed by atoms with E-state index in [2.05, 4.69) is 6.58 Å². The molecule has 0 fully saturated rings. The SMILES string of the molecule is C=C(C)C1=C(C(=O)CC)CCCC1. The van der Waals surface area contributed by atoms with Crippen LogP contribution in [0.25, 0.3) is 0 Å². The molecule has 0 atom stereocenters. The smallest absolute Gasteiger partial charge is 0.158 e. The number of carbonyl (C=O) groups is 1. The van der Waals surface area contributed by atoms with Gasteiger partial charge in [-0.3, -0.25) is 4.79 Å². The average Bonchev–Trinajstić information content (AvgIpc) is 2.16. The van der Waals surface area contributed by atoms with Gasteiger partial charge < -0.3 is 0 Å². The van der Waals surface area contributed by atoms with Gasteiger partial charge in [0.1, 0.15) is 0 Å². The van der Waals surface area contributed by atoms with Gasteiger partial charge in [0.2, 0.25) is 0 Å². The molecule has 0 aliphatic heterocycles. The second-order valence-electron chi connectivity index (χ2n) is 3.72. The van der Waals surface area contributed by atoms with Gasteiger partial charge in [-0.2, -0.15) is 0 Å². The lowest BCUT2D eigenvalue weighted by Gasteiger charge is -2.19. The van der Waals surface area contributed by atoms with Crippen LogP contribution in [0.2, 0.25) is 0 Å². The monoisotopic (exact) mass is 178 g/mol. The summed E-state index contributed by atoms with van der Waals surface area (Å²) in [6.45, 7) is 7.87. The van der Waals surface area contributed by atoms with E-state index in [4.69, 9.17) is 0 Å². The van der Waals surface area contributed by atoms with Gasteiger partial charge in [0.15, 0.2) is 5.78 Å². The third kappa shape index (κ3) is 2.30. The molecule has 0 spiro atoms. The molecular formula is C12H18O. The Balaban J connectivity index is 2.96. The van der Waals surface area contributed by atoms with Crippen LogP contribution in [0.1, 0.15) is 46.0 Å². The van der Waals surface area contributed by atoms with E-state index < -0.39 is 0 Å². The lowest BCUT2D eigenvalue weighted by atomic mass is 9.85. The van der Waals surface area contributed by atoms with Crippen molar-refractivity contribution in [3.63, 3.8) is 0 Å². The molecule has 0 aromatic rings. The van der Waals surface area contributed by atoms with E-state index in [1.807, 2.05) is 13.8 Å². The molecule has 0 bridgehead atoms. The van der Waals surface area contributed by atoms with Crippen LogP contribution >= 0.6 is 0 Å². The zero-order valence-electron chi connectivity index (χ0n) is 8.65. The van der Waals surface area contributed by atoms with Crippen molar-refractivity contribution in [1.29, 1.82) is 0 Å². The third-order valence-electron chi connectivity index (χ3n) is 2.64. The summed E-state index contributed by atoms with van der Waals surface area (Å²) in [7, 11) is 0. The van der Waals surface area contributed by atoms with E-state index in [1.54, 1.807) is 0 Å². The Morgan fingerprint density at radius 1 is 1.31 bits per heavy atom. The highest BCUT2D eigenvalue weighted by Gasteiger charge is 2.17. The van der Waals surface area contributed by atoms with Crippen molar-refractivity contribution in [2.45, 2.75) is 46.0 Å². The average molecular weight is 178 g/mol. The van der Waals surface area contributed by atoms with E-state index in [0.29, 0.717) is 12.2 Å². The second kappa shape index (κ2) is 4.40. The van der Waals surface area contributed by atoms with Crippen molar-refractivity contribution in [1.82, 2.24) is 0 Å². The Morgan fingerprint density at radius 2 is 1.85 bits per heavy atom. The molecule has 13 heavy (non-hydrogen) atoms. The summed E-state index contributed by atoms with van der Waals surface area (Å²) in [5, 5.41) is 0. The molecule has 0 N–H and O–H groups in total. The lowest BCUT2D eigenvalue weighted by Crippen LogP contribution is -2.09. The number of Topliss-reactive ketones (excluding diaryl/α,β-unsaturated/α-hetero) is 1. The van der Waals surface area contributed by atoms with Crippen LogP contribution in [0.15, 0.2) is 23.3 Å². The molecule has 1 aliphatic carbocycles. The zero-order chi connectivity index (χ0) is 9.84. The van der Waals surface area contributed by atoms with E-state index in [9.17, 15) is 4.79 Å².